The number of carbonyl (C=O) groups is 2. The lowest BCUT2D eigenvalue weighted by Crippen LogP contribution is -2.39. The smallest absolute Gasteiger partial charge is 0.263 e. The lowest BCUT2D eigenvalue weighted by Gasteiger charge is -2.32. The van der Waals surface area contributed by atoms with E-state index in [2.05, 4.69) is 5.32 Å². The summed E-state index contributed by atoms with van der Waals surface area (Å²) in [4.78, 5) is 28.8. The zero-order valence-corrected chi connectivity index (χ0v) is 17.7. The summed E-state index contributed by atoms with van der Waals surface area (Å²) >= 11 is 7.64. The van der Waals surface area contributed by atoms with Gasteiger partial charge in [-0.3, -0.25) is 9.59 Å². The molecule has 0 unspecified atom stereocenters. The number of likely N-dealkylation sites (tertiary alicyclic amines) is 1. The molecular formula is C21H25ClN2O3S. The highest BCUT2D eigenvalue weighted by atomic mass is 35.5. The number of amides is 2. The van der Waals surface area contributed by atoms with Crippen molar-refractivity contribution in [3.8, 4) is 5.75 Å². The molecule has 0 saturated carbocycles. The van der Waals surface area contributed by atoms with Gasteiger partial charge >= 0.3 is 0 Å². The number of hydrogen-bond acceptors (Lipinski definition) is 4. The SMILES string of the molecule is COc1ccc(NC(=O)CC[C@H]2CCCN(C(=O)c3ccc(C)s3)C2)cc1Cl. The van der Waals surface area contributed by atoms with E-state index in [9.17, 15) is 9.59 Å². The molecule has 2 amide bonds. The van der Waals surface area contributed by atoms with Gasteiger partial charge in [-0.15, -0.1) is 11.3 Å². The van der Waals surface area contributed by atoms with Gasteiger partial charge in [0.2, 0.25) is 5.91 Å². The number of rotatable bonds is 6. The number of thiophene rings is 1. The van der Waals surface area contributed by atoms with Crippen molar-refractivity contribution in [1.29, 1.82) is 0 Å². The van der Waals surface area contributed by atoms with Crippen molar-refractivity contribution < 1.29 is 14.3 Å². The number of aryl methyl sites for hydroxylation is 1. The monoisotopic (exact) mass is 420 g/mol. The number of nitrogens with one attached hydrogen (secondary N) is 1. The molecule has 7 heteroatoms. The topological polar surface area (TPSA) is 58.6 Å². The van der Waals surface area contributed by atoms with Gasteiger partial charge in [0, 0.05) is 30.1 Å². The van der Waals surface area contributed by atoms with Crippen molar-refractivity contribution in [2.75, 3.05) is 25.5 Å². The van der Waals surface area contributed by atoms with Crippen LogP contribution in [0.1, 0.15) is 40.2 Å². The minimum atomic E-state index is -0.0430. The van der Waals surface area contributed by atoms with E-state index in [1.165, 1.54) is 11.3 Å². The summed E-state index contributed by atoms with van der Waals surface area (Å²) in [5.74, 6) is 0.996. The first-order chi connectivity index (χ1) is 13.5. The van der Waals surface area contributed by atoms with Crippen molar-refractivity contribution in [1.82, 2.24) is 4.90 Å². The Bertz CT molecular complexity index is 852. The van der Waals surface area contributed by atoms with Gasteiger partial charge in [0.1, 0.15) is 5.75 Å². The van der Waals surface area contributed by atoms with Gasteiger partial charge in [-0.1, -0.05) is 11.6 Å². The van der Waals surface area contributed by atoms with Gasteiger partial charge in [0.05, 0.1) is 17.0 Å². The molecule has 28 heavy (non-hydrogen) atoms. The van der Waals surface area contributed by atoms with Gasteiger partial charge in [0.15, 0.2) is 0 Å². The first-order valence-corrected chi connectivity index (χ1v) is 10.6. The third kappa shape index (κ3) is 5.26. The Morgan fingerprint density at radius 3 is 2.82 bits per heavy atom. The summed E-state index contributed by atoms with van der Waals surface area (Å²) in [6.45, 7) is 3.52. The van der Waals surface area contributed by atoms with Gasteiger partial charge < -0.3 is 15.0 Å². The number of anilines is 1. The van der Waals surface area contributed by atoms with Crippen LogP contribution in [0.3, 0.4) is 0 Å². The summed E-state index contributed by atoms with van der Waals surface area (Å²) in [6, 6.07) is 9.07. The molecule has 1 atom stereocenters. The van der Waals surface area contributed by atoms with Crippen LogP contribution in [0, 0.1) is 12.8 Å². The highest BCUT2D eigenvalue weighted by Gasteiger charge is 2.25. The highest BCUT2D eigenvalue weighted by molar-refractivity contribution is 7.13. The Morgan fingerprint density at radius 2 is 2.14 bits per heavy atom. The standard InChI is InChI=1S/C21H25ClN2O3S/c1-14-5-9-19(28-14)21(26)24-11-3-4-15(13-24)6-10-20(25)23-16-7-8-18(27-2)17(22)12-16/h5,7-9,12,15H,3-4,6,10-11,13H2,1-2H3,(H,23,25)/t15-/m1/s1. The van der Waals surface area contributed by atoms with Crippen LogP contribution >= 0.6 is 22.9 Å². The Morgan fingerprint density at radius 1 is 1.32 bits per heavy atom. The number of carbonyl (C=O) groups excluding carboxylic acids is 2. The molecule has 1 aliphatic rings. The first-order valence-electron chi connectivity index (χ1n) is 9.45. The fourth-order valence-corrected chi connectivity index (χ4v) is 4.59. The molecule has 1 aromatic heterocycles. The number of hydrogen-bond donors (Lipinski definition) is 1. The molecule has 150 valence electrons. The van der Waals surface area contributed by atoms with Crippen LogP contribution in [0.2, 0.25) is 5.02 Å². The maximum Gasteiger partial charge on any atom is 0.263 e. The number of methoxy groups -OCH3 is 1. The van der Waals surface area contributed by atoms with E-state index in [0.29, 0.717) is 28.8 Å². The summed E-state index contributed by atoms with van der Waals surface area (Å²) in [5, 5.41) is 3.34. The van der Waals surface area contributed by atoms with Gasteiger partial charge in [-0.25, -0.2) is 0 Å². The number of benzene rings is 1. The van der Waals surface area contributed by atoms with Gasteiger partial charge in [-0.2, -0.15) is 0 Å². The molecule has 1 saturated heterocycles. The van der Waals surface area contributed by atoms with Crippen LogP contribution < -0.4 is 10.1 Å². The molecule has 1 N–H and O–H groups in total. The molecule has 0 spiro atoms. The zero-order valence-electron chi connectivity index (χ0n) is 16.2. The number of halogens is 1. The van der Waals surface area contributed by atoms with Crippen LogP contribution in [0.15, 0.2) is 30.3 Å². The van der Waals surface area contributed by atoms with Crippen molar-refractivity contribution >= 4 is 40.4 Å². The number of nitrogens with zero attached hydrogens (tertiary/aromatic N) is 1. The van der Waals surface area contributed by atoms with Crippen LogP contribution in [-0.4, -0.2) is 36.9 Å². The second-order valence-electron chi connectivity index (χ2n) is 7.11. The van der Waals surface area contributed by atoms with E-state index in [0.717, 1.165) is 42.1 Å². The van der Waals surface area contributed by atoms with E-state index in [4.69, 9.17) is 16.3 Å². The van der Waals surface area contributed by atoms with Crippen molar-refractivity contribution in [2.24, 2.45) is 5.92 Å². The van der Waals surface area contributed by atoms with Crippen LogP contribution in [-0.2, 0) is 4.79 Å². The lowest BCUT2D eigenvalue weighted by atomic mass is 9.93. The molecular weight excluding hydrogens is 396 g/mol. The van der Waals surface area contributed by atoms with Crippen molar-refractivity contribution in [3.63, 3.8) is 0 Å². The van der Waals surface area contributed by atoms with Gasteiger partial charge in [-0.05, 0) is 62.4 Å². The van der Waals surface area contributed by atoms with E-state index in [-0.39, 0.29) is 11.8 Å². The summed E-state index contributed by atoms with van der Waals surface area (Å²) in [6.07, 6.45) is 3.22. The first kappa shape index (κ1) is 20.7. The van der Waals surface area contributed by atoms with Crippen LogP contribution in [0.4, 0.5) is 5.69 Å². The lowest BCUT2D eigenvalue weighted by molar-refractivity contribution is -0.116. The number of ether oxygens (including phenoxy) is 1. The molecule has 2 heterocycles. The maximum atomic E-state index is 12.7. The van der Waals surface area contributed by atoms with E-state index in [1.807, 2.05) is 24.0 Å². The molecule has 1 fully saturated rings. The normalized spacial score (nSPS) is 16.7. The molecule has 2 aromatic rings. The third-order valence-corrected chi connectivity index (χ3v) is 6.26. The molecule has 0 aliphatic carbocycles. The minimum Gasteiger partial charge on any atom is -0.495 e. The fraction of sp³-hybridized carbons (Fsp3) is 0.429. The number of piperidine rings is 1. The molecule has 1 aromatic carbocycles. The predicted octanol–water partition coefficient (Wildman–Crippen LogP) is 4.99. The minimum absolute atomic E-state index is 0.0430. The maximum absolute atomic E-state index is 12.7. The van der Waals surface area contributed by atoms with E-state index >= 15 is 0 Å². The van der Waals surface area contributed by atoms with E-state index in [1.54, 1.807) is 25.3 Å². The van der Waals surface area contributed by atoms with Crippen LogP contribution in [0.25, 0.3) is 0 Å². The fourth-order valence-electron chi connectivity index (χ4n) is 3.49. The van der Waals surface area contributed by atoms with Gasteiger partial charge in [0.25, 0.3) is 5.91 Å². The zero-order chi connectivity index (χ0) is 20.1. The Balaban J connectivity index is 1.49. The second-order valence-corrected chi connectivity index (χ2v) is 8.80. The largest absolute Gasteiger partial charge is 0.495 e. The Labute approximate surface area is 174 Å². The summed E-state index contributed by atoms with van der Waals surface area (Å²) in [7, 11) is 1.55. The molecule has 3 rings (SSSR count). The average molecular weight is 421 g/mol. The third-order valence-electron chi connectivity index (χ3n) is 4.97. The average Bonchev–Trinajstić information content (AvgIpc) is 3.12. The van der Waals surface area contributed by atoms with Crippen molar-refractivity contribution in [2.45, 2.75) is 32.6 Å². The Kier molecular flexibility index (Phi) is 6.97. The predicted molar refractivity (Wildman–Crippen MR) is 114 cm³/mol. The molecule has 0 bridgehead atoms. The Hall–Kier alpha value is -2.05. The summed E-state index contributed by atoms with van der Waals surface area (Å²) in [5.41, 5.74) is 0.657. The molecule has 5 nitrogen and oxygen atoms in total. The quantitative estimate of drug-likeness (QED) is 0.716. The van der Waals surface area contributed by atoms with Crippen molar-refractivity contribution in [3.05, 3.63) is 45.1 Å². The molecule has 0 radical (unpaired) electrons. The highest BCUT2D eigenvalue weighted by Crippen LogP contribution is 2.28. The van der Waals surface area contributed by atoms with E-state index < -0.39 is 0 Å². The van der Waals surface area contributed by atoms with Crippen LogP contribution in [0.5, 0.6) is 5.75 Å². The molecule has 1 aliphatic heterocycles. The second kappa shape index (κ2) is 9.43. The summed E-state index contributed by atoms with van der Waals surface area (Å²) < 4.78 is 5.12.